The molecule has 0 fully saturated rings. The minimum Gasteiger partial charge on any atom is -0.328 e. The highest BCUT2D eigenvalue weighted by Crippen LogP contribution is 2.05. The monoisotopic (exact) mass is 292 g/mol. The number of H-pyrrole nitrogens is 1. The van der Waals surface area contributed by atoms with Crippen molar-refractivity contribution >= 4 is 20.8 Å². The first kappa shape index (κ1) is 15.1. The second-order valence-electron chi connectivity index (χ2n) is 3.88. The summed E-state index contributed by atoms with van der Waals surface area (Å²) in [5.41, 5.74) is -0.357. The van der Waals surface area contributed by atoms with Gasteiger partial charge in [0.15, 0.2) is 0 Å². The fourth-order valence-electron chi connectivity index (χ4n) is 1.21. The number of rotatable bonds is 6. The molecule has 0 bridgehead atoms. The van der Waals surface area contributed by atoms with Gasteiger partial charge in [-0.25, -0.2) is 13.1 Å². The van der Waals surface area contributed by atoms with E-state index in [4.69, 9.17) is 0 Å². The van der Waals surface area contributed by atoms with Crippen LogP contribution in [0, 0.1) is 0 Å². The SMILES string of the molecule is CC(CCNS(=O)(=O)c1ccc(=O)[nH]c1)S(C)=O. The van der Waals surface area contributed by atoms with Crippen LogP contribution in [-0.4, -0.2) is 35.7 Å². The summed E-state index contributed by atoms with van der Waals surface area (Å²) in [6.45, 7) is 2.01. The van der Waals surface area contributed by atoms with E-state index < -0.39 is 20.8 Å². The van der Waals surface area contributed by atoms with E-state index >= 15 is 0 Å². The molecule has 0 saturated heterocycles. The van der Waals surface area contributed by atoms with Crippen molar-refractivity contribution in [3.05, 3.63) is 28.7 Å². The molecular formula is C10H16N2O4S2. The lowest BCUT2D eigenvalue weighted by atomic mass is 10.3. The smallest absolute Gasteiger partial charge is 0.247 e. The first-order valence-electron chi connectivity index (χ1n) is 5.33. The average Bonchev–Trinajstić information content (AvgIpc) is 2.29. The van der Waals surface area contributed by atoms with Crippen LogP contribution in [0.2, 0.25) is 0 Å². The molecule has 0 aliphatic carbocycles. The maximum Gasteiger partial charge on any atom is 0.247 e. The van der Waals surface area contributed by atoms with Crippen LogP contribution >= 0.6 is 0 Å². The van der Waals surface area contributed by atoms with Gasteiger partial charge in [-0.05, 0) is 12.5 Å². The molecule has 1 heterocycles. The molecule has 6 nitrogen and oxygen atoms in total. The summed E-state index contributed by atoms with van der Waals surface area (Å²) in [5, 5.41) is -0.0664. The molecule has 2 unspecified atom stereocenters. The van der Waals surface area contributed by atoms with Crippen LogP contribution in [0.1, 0.15) is 13.3 Å². The molecule has 0 saturated carbocycles. The van der Waals surface area contributed by atoms with Crippen molar-refractivity contribution in [3.63, 3.8) is 0 Å². The first-order valence-corrected chi connectivity index (χ1v) is 8.44. The van der Waals surface area contributed by atoms with Crippen LogP contribution in [0.15, 0.2) is 28.0 Å². The molecule has 0 aliphatic heterocycles. The molecule has 2 atom stereocenters. The molecule has 0 spiro atoms. The Balaban J connectivity index is 2.63. The van der Waals surface area contributed by atoms with E-state index in [0.29, 0.717) is 6.42 Å². The highest BCUT2D eigenvalue weighted by molar-refractivity contribution is 7.89. The van der Waals surface area contributed by atoms with Crippen LogP contribution in [0.3, 0.4) is 0 Å². The third kappa shape index (κ3) is 4.35. The Hall–Kier alpha value is -0.990. The second-order valence-corrected chi connectivity index (χ2v) is 7.45. The predicted molar refractivity (Wildman–Crippen MR) is 70.4 cm³/mol. The molecule has 1 rings (SSSR count). The largest absolute Gasteiger partial charge is 0.328 e. The maximum atomic E-state index is 11.8. The van der Waals surface area contributed by atoms with E-state index in [1.54, 1.807) is 13.2 Å². The van der Waals surface area contributed by atoms with Crippen molar-refractivity contribution in [3.8, 4) is 0 Å². The zero-order valence-corrected chi connectivity index (χ0v) is 11.8. The van der Waals surface area contributed by atoms with Crippen molar-refractivity contribution in [2.45, 2.75) is 23.5 Å². The third-order valence-electron chi connectivity index (χ3n) is 2.48. The summed E-state index contributed by atoms with van der Waals surface area (Å²) in [4.78, 5) is 13.1. The average molecular weight is 292 g/mol. The number of aromatic amines is 1. The lowest BCUT2D eigenvalue weighted by Gasteiger charge is -2.09. The van der Waals surface area contributed by atoms with E-state index in [1.807, 2.05) is 0 Å². The quantitative estimate of drug-likeness (QED) is 0.759. The van der Waals surface area contributed by atoms with Gasteiger partial charge >= 0.3 is 0 Å². The van der Waals surface area contributed by atoms with E-state index in [2.05, 4.69) is 9.71 Å². The molecule has 0 amide bonds. The molecule has 18 heavy (non-hydrogen) atoms. The maximum absolute atomic E-state index is 11.8. The van der Waals surface area contributed by atoms with Crippen LogP contribution in [-0.2, 0) is 20.8 Å². The van der Waals surface area contributed by atoms with Gasteiger partial charge in [0.25, 0.3) is 0 Å². The Morgan fingerprint density at radius 3 is 2.61 bits per heavy atom. The molecule has 1 aromatic rings. The van der Waals surface area contributed by atoms with Crippen LogP contribution in [0.5, 0.6) is 0 Å². The van der Waals surface area contributed by atoms with Gasteiger partial charge in [0, 0.05) is 41.1 Å². The third-order valence-corrected chi connectivity index (χ3v) is 5.30. The van der Waals surface area contributed by atoms with Crippen molar-refractivity contribution in [2.24, 2.45) is 0 Å². The number of sulfonamides is 1. The van der Waals surface area contributed by atoms with Gasteiger partial charge in [-0.2, -0.15) is 0 Å². The normalized spacial score (nSPS) is 15.2. The van der Waals surface area contributed by atoms with E-state index in [9.17, 15) is 17.4 Å². The predicted octanol–water partition coefficient (Wildman–Crippen LogP) is -0.190. The fourth-order valence-corrected chi connectivity index (χ4v) is 2.67. The number of aromatic nitrogens is 1. The highest BCUT2D eigenvalue weighted by atomic mass is 32.2. The van der Waals surface area contributed by atoms with Gasteiger partial charge in [-0.1, -0.05) is 6.92 Å². The number of pyridine rings is 1. The molecule has 1 aromatic heterocycles. The van der Waals surface area contributed by atoms with Gasteiger partial charge in [-0.3, -0.25) is 9.00 Å². The topological polar surface area (TPSA) is 96.1 Å². The highest BCUT2D eigenvalue weighted by Gasteiger charge is 2.14. The van der Waals surface area contributed by atoms with Crippen LogP contribution in [0.25, 0.3) is 0 Å². The fraction of sp³-hybridized carbons (Fsp3) is 0.500. The Morgan fingerprint density at radius 1 is 1.44 bits per heavy atom. The standard InChI is InChI=1S/C10H16N2O4S2/c1-8(17(2)14)5-6-12-18(15,16)9-3-4-10(13)11-7-9/h3-4,7-8,12H,5-6H2,1-2H3,(H,11,13). The summed E-state index contributed by atoms with van der Waals surface area (Å²) in [5.74, 6) is 0. The second kappa shape index (κ2) is 6.26. The van der Waals surface area contributed by atoms with Crippen molar-refractivity contribution in [1.29, 1.82) is 0 Å². The van der Waals surface area contributed by atoms with Crippen molar-refractivity contribution in [1.82, 2.24) is 9.71 Å². The Kier molecular flexibility index (Phi) is 5.24. The molecule has 0 radical (unpaired) electrons. The van der Waals surface area contributed by atoms with Crippen LogP contribution < -0.4 is 10.3 Å². The van der Waals surface area contributed by atoms with Crippen molar-refractivity contribution in [2.75, 3.05) is 12.8 Å². The summed E-state index contributed by atoms with van der Waals surface area (Å²) in [7, 11) is -4.59. The van der Waals surface area contributed by atoms with Gasteiger partial charge < -0.3 is 4.98 Å². The Morgan fingerprint density at radius 2 is 2.11 bits per heavy atom. The lowest BCUT2D eigenvalue weighted by Crippen LogP contribution is -2.28. The Labute approximate surface area is 108 Å². The van der Waals surface area contributed by atoms with E-state index in [0.717, 1.165) is 12.3 Å². The van der Waals surface area contributed by atoms with E-state index in [-0.39, 0.29) is 22.2 Å². The van der Waals surface area contributed by atoms with E-state index in [1.165, 1.54) is 6.07 Å². The summed E-state index contributed by atoms with van der Waals surface area (Å²) in [6, 6.07) is 2.39. The molecule has 0 aromatic carbocycles. The molecule has 8 heteroatoms. The summed E-state index contributed by atoms with van der Waals surface area (Å²) in [6.07, 6.45) is 3.22. The van der Waals surface area contributed by atoms with Crippen molar-refractivity contribution < 1.29 is 12.6 Å². The molecular weight excluding hydrogens is 276 g/mol. The molecule has 0 aliphatic rings. The number of hydrogen-bond acceptors (Lipinski definition) is 4. The van der Waals surface area contributed by atoms with Gasteiger partial charge in [-0.15, -0.1) is 0 Å². The zero-order chi connectivity index (χ0) is 13.8. The van der Waals surface area contributed by atoms with Gasteiger partial charge in [0.2, 0.25) is 15.6 Å². The summed E-state index contributed by atoms with van der Waals surface area (Å²) < 4.78 is 37.1. The minimum absolute atomic E-state index is 0.00683. The molecule has 102 valence electrons. The molecule has 2 N–H and O–H groups in total. The number of nitrogens with one attached hydrogen (secondary N) is 2. The lowest BCUT2D eigenvalue weighted by molar-refractivity contribution is 0.577. The van der Waals surface area contributed by atoms with Gasteiger partial charge in [0.1, 0.15) is 0 Å². The minimum atomic E-state index is -3.62. The first-order chi connectivity index (χ1) is 8.33. The van der Waals surface area contributed by atoms with Gasteiger partial charge in [0.05, 0.1) is 4.90 Å². The number of hydrogen-bond donors (Lipinski definition) is 2. The van der Waals surface area contributed by atoms with Crippen LogP contribution in [0.4, 0.5) is 0 Å². The Bertz CT molecular complexity index is 559. The zero-order valence-electron chi connectivity index (χ0n) is 10.2. The summed E-state index contributed by atoms with van der Waals surface area (Å²) >= 11 is 0.